The second kappa shape index (κ2) is 9.15. The van der Waals surface area contributed by atoms with E-state index in [1.165, 1.54) is 24.3 Å². The van der Waals surface area contributed by atoms with Crippen LogP contribution in [0.25, 0.3) is 0 Å². The van der Waals surface area contributed by atoms with E-state index < -0.39 is 17.2 Å². The highest BCUT2D eigenvalue weighted by molar-refractivity contribution is 6.12. The molecule has 1 aromatic heterocycles. The maximum atomic E-state index is 14.6. The highest BCUT2D eigenvalue weighted by Crippen LogP contribution is 2.27. The summed E-state index contributed by atoms with van der Waals surface area (Å²) in [7, 11) is 0. The smallest absolute Gasteiger partial charge is 0.182 e. The second-order valence-corrected chi connectivity index (χ2v) is 7.84. The molecule has 32 heavy (non-hydrogen) atoms. The average Bonchev–Trinajstić information content (AvgIpc) is 2.71. The molecule has 0 bridgehead atoms. The molecule has 0 fully saturated rings. The Labute approximate surface area is 184 Å². The van der Waals surface area contributed by atoms with Crippen LogP contribution in [0.3, 0.4) is 0 Å². The van der Waals surface area contributed by atoms with Crippen LogP contribution in [-0.2, 0) is 6.54 Å². The fourth-order valence-corrected chi connectivity index (χ4v) is 2.95. The highest BCUT2D eigenvalue weighted by atomic mass is 19.1. The van der Waals surface area contributed by atoms with Crippen molar-refractivity contribution in [3.63, 3.8) is 0 Å². The topological polar surface area (TPSA) is 146 Å². The molecule has 0 saturated heterocycles. The van der Waals surface area contributed by atoms with Gasteiger partial charge >= 0.3 is 0 Å². The van der Waals surface area contributed by atoms with Gasteiger partial charge in [0.05, 0.1) is 11.3 Å². The average molecular weight is 441 g/mol. The Bertz CT molecular complexity index is 1120. The molecule has 0 unspecified atom stereocenters. The zero-order valence-electron chi connectivity index (χ0n) is 17.7. The van der Waals surface area contributed by atoms with Crippen LogP contribution in [0.5, 0.6) is 0 Å². The van der Waals surface area contributed by atoms with Gasteiger partial charge in [0.2, 0.25) is 0 Å². The molecular formula is C22H25F2N7O. The van der Waals surface area contributed by atoms with Crippen LogP contribution < -0.4 is 22.1 Å². The van der Waals surface area contributed by atoms with E-state index in [1.54, 1.807) is 32.0 Å². The summed E-state index contributed by atoms with van der Waals surface area (Å²) in [6.45, 7) is 3.38. The first-order valence-corrected chi connectivity index (χ1v) is 9.81. The summed E-state index contributed by atoms with van der Waals surface area (Å²) in [6, 6.07) is 10.3. The lowest BCUT2D eigenvalue weighted by Crippen LogP contribution is -2.30. The Morgan fingerprint density at radius 3 is 2.22 bits per heavy atom. The molecule has 0 amide bonds. The molecule has 8 nitrogen and oxygen atoms in total. The number of aromatic nitrogens is 2. The van der Waals surface area contributed by atoms with Gasteiger partial charge in [-0.2, -0.15) is 0 Å². The highest BCUT2D eigenvalue weighted by Gasteiger charge is 2.20. The number of anilines is 4. The van der Waals surface area contributed by atoms with E-state index in [1.807, 2.05) is 0 Å². The number of nitrogens with two attached hydrogens (primary N) is 2. The largest absolute Gasteiger partial charge is 0.389 e. The molecule has 1 heterocycles. The summed E-state index contributed by atoms with van der Waals surface area (Å²) in [5.41, 5.74) is 11.5. The third-order valence-electron chi connectivity index (χ3n) is 4.58. The Kier molecular flexibility index (Phi) is 6.54. The summed E-state index contributed by atoms with van der Waals surface area (Å²) in [6.07, 6.45) is 0. The van der Waals surface area contributed by atoms with Gasteiger partial charge in [-0.15, -0.1) is 0 Å². The van der Waals surface area contributed by atoms with Crippen LogP contribution in [0.2, 0.25) is 0 Å². The zero-order chi connectivity index (χ0) is 23.5. The van der Waals surface area contributed by atoms with E-state index in [0.29, 0.717) is 5.56 Å². The molecule has 0 atom stereocenters. The fourth-order valence-electron chi connectivity index (χ4n) is 2.95. The standard InChI is InChI=1S/C22H25F2N7O/c1-22(2,32)11-29-18-19(26)30-21(31-20(18)27)16(25)13-7-5-9-15(24)17(13)28-10-12-6-3-4-8-14(12)23/h3-9,25,28-29,32H,10-11H2,1-2H3,(H4,26,27,30,31). The Morgan fingerprint density at radius 2 is 1.59 bits per heavy atom. The van der Waals surface area contributed by atoms with Crippen molar-refractivity contribution in [1.29, 1.82) is 5.41 Å². The SMILES string of the molecule is CC(C)(O)CNc1c(N)nc(C(=N)c2cccc(F)c2NCc2ccccc2F)nc1N. The van der Waals surface area contributed by atoms with Crippen molar-refractivity contribution in [3.05, 3.63) is 71.1 Å². The summed E-state index contributed by atoms with van der Waals surface area (Å²) in [4.78, 5) is 8.24. The first kappa shape index (κ1) is 22.9. The number of benzene rings is 2. The number of aliphatic hydroxyl groups is 1. The van der Waals surface area contributed by atoms with Crippen molar-refractivity contribution >= 4 is 28.7 Å². The second-order valence-electron chi connectivity index (χ2n) is 7.84. The fraction of sp³-hybridized carbons (Fsp3) is 0.227. The van der Waals surface area contributed by atoms with Crippen molar-refractivity contribution in [2.45, 2.75) is 26.0 Å². The van der Waals surface area contributed by atoms with E-state index in [4.69, 9.17) is 16.9 Å². The van der Waals surface area contributed by atoms with E-state index in [-0.39, 0.29) is 53.2 Å². The molecule has 2 aromatic carbocycles. The number of nitrogen functional groups attached to an aromatic ring is 2. The van der Waals surface area contributed by atoms with Crippen LogP contribution in [0.15, 0.2) is 42.5 Å². The van der Waals surface area contributed by atoms with Crippen molar-refractivity contribution in [2.24, 2.45) is 0 Å². The first-order chi connectivity index (χ1) is 15.1. The Hall–Kier alpha value is -3.79. The lowest BCUT2D eigenvalue weighted by molar-refractivity contribution is 0.0945. The first-order valence-electron chi connectivity index (χ1n) is 9.81. The summed E-state index contributed by atoms with van der Waals surface area (Å²) < 4.78 is 28.5. The third kappa shape index (κ3) is 5.27. The molecule has 3 rings (SSSR count). The molecule has 0 saturated carbocycles. The summed E-state index contributed by atoms with van der Waals surface area (Å²) >= 11 is 0. The normalized spacial score (nSPS) is 11.3. The molecule has 0 spiro atoms. The van der Waals surface area contributed by atoms with Crippen LogP contribution >= 0.6 is 0 Å². The molecule has 10 heteroatoms. The Balaban J connectivity index is 1.89. The number of hydrogen-bond acceptors (Lipinski definition) is 8. The molecule has 168 valence electrons. The quantitative estimate of drug-likeness (QED) is 0.294. The molecule has 0 aliphatic carbocycles. The van der Waals surface area contributed by atoms with Crippen molar-refractivity contribution < 1.29 is 13.9 Å². The van der Waals surface area contributed by atoms with Crippen LogP contribution in [0.4, 0.5) is 31.8 Å². The molecule has 0 aliphatic heterocycles. The number of hydrogen-bond donors (Lipinski definition) is 6. The maximum Gasteiger partial charge on any atom is 0.182 e. The van der Waals surface area contributed by atoms with Gasteiger partial charge in [0, 0.05) is 24.2 Å². The van der Waals surface area contributed by atoms with E-state index >= 15 is 0 Å². The lowest BCUT2D eigenvalue weighted by atomic mass is 10.1. The van der Waals surface area contributed by atoms with Gasteiger partial charge in [-0.05, 0) is 26.0 Å². The minimum absolute atomic E-state index is 0.00530. The number of halogens is 2. The van der Waals surface area contributed by atoms with Gasteiger partial charge in [-0.25, -0.2) is 18.7 Å². The predicted octanol–water partition coefficient (Wildman–Crippen LogP) is 3.13. The Morgan fingerprint density at radius 1 is 0.969 bits per heavy atom. The lowest BCUT2D eigenvalue weighted by Gasteiger charge is -2.20. The minimum Gasteiger partial charge on any atom is -0.389 e. The predicted molar refractivity (Wildman–Crippen MR) is 122 cm³/mol. The third-order valence-corrected chi connectivity index (χ3v) is 4.58. The van der Waals surface area contributed by atoms with E-state index in [2.05, 4.69) is 20.6 Å². The van der Waals surface area contributed by atoms with Crippen LogP contribution in [0, 0.1) is 17.0 Å². The summed E-state index contributed by atoms with van der Waals surface area (Å²) in [5, 5.41) is 24.1. The number of nitrogens with one attached hydrogen (secondary N) is 3. The number of nitrogens with zero attached hydrogens (tertiary/aromatic N) is 2. The van der Waals surface area contributed by atoms with Crippen LogP contribution in [0.1, 0.15) is 30.8 Å². The maximum absolute atomic E-state index is 14.6. The monoisotopic (exact) mass is 441 g/mol. The zero-order valence-corrected chi connectivity index (χ0v) is 17.7. The van der Waals surface area contributed by atoms with Crippen molar-refractivity contribution in [3.8, 4) is 0 Å². The van der Waals surface area contributed by atoms with Gasteiger partial charge in [0.25, 0.3) is 0 Å². The van der Waals surface area contributed by atoms with E-state index in [0.717, 1.165) is 0 Å². The van der Waals surface area contributed by atoms with Gasteiger partial charge < -0.3 is 27.2 Å². The van der Waals surface area contributed by atoms with Gasteiger partial charge in [-0.3, -0.25) is 5.41 Å². The molecule has 3 aromatic rings. The van der Waals surface area contributed by atoms with Gasteiger partial charge in [0.15, 0.2) is 17.5 Å². The van der Waals surface area contributed by atoms with Gasteiger partial charge in [-0.1, -0.05) is 30.3 Å². The van der Waals surface area contributed by atoms with Crippen molar-refractivity contribution in [1.82, 2.24) is 9.97 Å². The molecule has 0 radical (unpaired) electrons. The minimum atomic E-state index is -1.02. The van der Waals surface area contributed by atoms with E-state index in [9.17, 15) is 13.9 Å². The number of para-hydroxylation sites is 1. The van der Waals surface area contributed by atoms with Gasteiger partial charge in [0.1, 0.15) is 23.0 Å². The van der Waals surface area contributed by atoms with Crippen LogP contribution in [-0.4, -0.2) is 32.9 Å². The number of rotatable bonds is 8. The van der Waals surface area contributed by atoms with Crippen molar-refractivity contribution in [2.75, 3.05) is 28.6 Å². The summed E-state index contributed by atoms with van der Waals surface area (Å²) in [5.74, 6) is -1.18. The molecule has 8 N–H and O–H groups in total. The molecular weight excluding hydrogens is 416 g/mol. The molecule has 0 aliphatic rings.